The number of hydrogen-bond donors (Lipinski definition) is 1. The topological polar surface area (TPSA) is 46.5 Å². The third-order valence-corrected chi connectivity index (χ3v) is 3.62. The van der Waals surface area contributed by atoms with E-state index in [4.69, 9.17) is 4.74 Å². The van der Waals surface area contributed by atoms with E-state index < -0.39 is 6.10 Å². The van der Waals surface area contributed by atoms with Crippen molar-refractivity contribution >= 4 is 5.78 Å². The molecule has 0 aromatic heterocycles. The van der Waals surface area contributed by atoms with E-state index in [2.05, 4.69) is 13.8 Å². The molecule has 2 aromatic rings. The van der Waals surface area contributed by atoms with Crippen molar-refractivity contribution in [3.8, 4) is 11.5 Å². The van der Waals surface area contributed by atoms with Gasteiger partial charge in [0.1, 0.15) is 11.5 Å². The summed E-state index contributed by atoms with van der Waals surface area (Å²) in [5, 5.41) is 9.45. The first-order valence-corrected chi connectivity index (χ1v) is 6.70. The lowest BCUT2D eigenvalue weighted by Crippen LogP contribution is -2.10. The molecule has 3 nitrogen and oxygen atoms in total. The van der Waals surface area contributed by atoms with Crippen LogP contribution in [0.15, 0.2) is 42.5 Å². The quantitative estimate of drug-likeness (QED) is 0.900. The third kappa shape index (κ3) is 2.05. The molecule has 0 spiro atoms. The van der Waals surface area contributed by atoms with Crippen LogP contribution in [0, 0.1) is 0 Å². The van der Waals surface area contributed by atoms with Crippen molar-refractivity contribution in [1.29, 1.82) is 0 Å². The second-order valence-corrected chi connectivity index (χ2v) is 5.36. The van der Waals surface area contributed by atoms with E-state index in [1.165, 1.54) is 17.7 Å². The van der Waals surface area contributed by atoms with E-state index in [1.54, 1.807) is 6.07 Å². The molecule has 20 heavy (non-hydrogen) atoms. The number of rotatable bonds is 2. The molecular weight excluding hydrogens is 252 g/mol. The van der Waals surface area contributed by atoms with Crippen LogP contribution in [0.2, 0.25) is 0 Å². The Labute approximate surface area is 117 Å². The number of benzene rings is 2. The van der Waals surface area contributed by atoms with Gasteiger partial charge in [-0.15, -0.1) is 0 Å². The highest BCUT2D eigenvalue weighted by Crippen LogP contribution is 2.38. The number of carbonyl (C=O) groups is 1. The lowest BCUT2D eigenvalue weighted by Gasteiger charge is -2.11. The molecule has 0 saturated carbocycles. The van der Waals surface area contributed by atoms with Gasteiger partial charge in [0.2, 0.25) is 5.78 Å². The van der Waals surface area contributed by atoms with E-state index in [9.17, 15) is 9.90 Å². The fourth-order valence-corrected chi connectivity index (χ4v) is 2.41. The number of carbonyl (C=O) groups excluding carboxylic acids is 1. The lowest BCUT2D eigenvalue weighted by molar-refractivity contribution is 0.0858. The van der Waals surface area contributed by atoms with Crippen LogP contribution in [-0.4, -0.2) is 10.9 Å². The van der Waals surface area contributed by atoms with Crippen LogP contribution < -0.4 is 4.74 Å². The molecule has 1 N–H and O–H groups in total. The summed E-state index contributed by atoms with van der Waals surface area (Å²) in [6, 6.07) is 12.5. The highest BCUT2D eigenvalue weighted by Gasteiger charge is 2.33. The first-order valence-electron chi connectivity index (χ1n) is 6.70. The summed E-state index contributed by atoms with van der Waals surface area (Å²) in [7, 11) is 0. The average molecular weight is 268 g/mol. The minimum atomic E-state index is -0.604. The maximum Gasteiger partial charge on any atom is 0.211 e. The molecule has 3 heteroatoms. The number of ketones is 1. The Bertz CT molecular complexity index is 656. The molecule has 102 valence electrons. The van der Waals surface area contributed by atoms with Crippen molar-refractivity contribution in [2.24, 2.45) is 0 Å². The van der Waals surface area contributed by atoms with Crippen LogP contribution in [0.5, 0.6) is 11.5 Å². The average Bonchev–Trinajstić information content (AvgIpc) is 2.75. The summed E-state index contributed by atoms with van der Waals surface area (Å²) < 4.78 is 5.68. The molecule has 0 saturated heterocycles. The van der Waals surface area contributed by atoms with Gasteiger partial charge in [-0.05, 0) is 23.6 Å². The highest BCUT2D eigenvalue weighted by atomic mass is 16.5. The van der Waals surface area contributed by atoms with Crippen LogP contribution in [0.25, 0.3) is 0 Å². The van der Waals surface area contributed by atoms with Gasteiger partial charge in [0.15, 0.2) is 6.10 Å². The standard InChI is InChI=1S/C17H16O3/c1-10(2)11-3-5-12(6-4-11)17-16(19)14-8-7-13(18)9-15(14)20-17/h3-10,17-18H,1-2H3. The molecule has 1 heterocycles. The Balaban J connectivity index is 1.92. The van der Waals surface area contributed by atoms with Crippen LogP contribution in [0.3, 0.4) is 0 Å². The van der Waals surface area contributed by atoms with E-state index in [-0.39, 0.29) is 11.5 Å². The van der Waals surface area contributed by atoms with E-state index in [0.717, 1.165) is 5.56 Å². The van der Waals surface area contributed by atoms with Gasteiger partial charge < -0.3 is 9.84 Å². The van der Waals surface area contributed by atoms with Gasteiger partial charge in [0, 0.05) is 11.6 Å². The number of fused-ring (bicyclic) bond motifs is 1. The van der Waals surface area contributed by atoms with Crippen LogP contribution in [0.4, 0.5) is 0 Å². The van der Waals surface area contributed by atoms with Crippen LogP contribution in [0.1, 0.15) is 47.4 Å². The predicted octanol–water partition coefficient (Wildman–Crippen LogP) is 3.83. The molecule has 0 amide bonds. The number of aromatic hydroxyl groups is 1. The Morgan fingerprint density at radius 1 is 1.10 bits per heavy atom. The van der Waals surface area contributed by atoms with E-state index in [1.807, 2.05) is 24.3 Å². The van der Waals surface area contributed by atoms with Crippen molar-refractivity contribution < 1.29 is 14.6 Å². The van der Waals surface area contributed by atoms with Crippen molar-refractivity contribution in [3.05, 3.63) is 59.2 Å². The van der Waals surface area contributed by atoms with Gasteiger partial charge in [-0.1, -0.05) is 38.1 Å². The molecule has 3 rings (SSSR count). The van der Waals surface area contributed by atoms with E-state index >= 15 is 0 Å². The molecule has 1 unspecified atom stereocenters. The monoisotopic (exact) mass is 268 g/mol. The third-order valence-electron chi connectivity index (χ3n) is 3.62. The molecule has 0 aliphatic carbocycles. The second kappa shape index (κ2) is 4.67. The Morgan fingerprint density at radius 2 is 1.80 bits per heavy atom. The van der Waals surface area contributed by atoms with E-state index in [0.29, 0.717) is 17.2 Å². The zero-order chi connectivity index (χ0) is 14.3. The molecule has 1 atom stereocenters. The summed E-state index contributed by atoms with van der Waals surface area (Å²) in [5.41, 5.74) is 2.60. The number of phenolic OH excluding ortho intramolecular Hbond substituents is 1. The molecule has 0 fully saturated rings. The summed E-state index contributed by atoms with van der Waals surface area (Å²) in [6.45, 7) is 4.26. The second-order valence-electron chi connectivity index (χ2n) is 5.36. The summed E-state index contributed by atoms with van der Waals surface area (Å²) in [6.07, 6.45) is -0.604. The van der Waals surface area contributed by atoms with Crippen molar-refractivity contribution in [1.82, 2.24) is 0 Å². The first kappa shape index (κ1) is 12.7. The van der Waals surface area contributed by atoms with Gasteiger partial charge in [-0.2, -0.15) is 0 Å². The zero-order valence-corrected chi connectivity index (χ0v) is 11.5. The molecule has 0 radical (unpaired) electrons. The number of phenols is 1. The fraction of sp³-hybridized carbons (Fsp3) is 0.235. The van der Waals surface area contributed by atoms with Gasteiger partial charge in [0.05, 0.1) is 5.56 Å². The minimum Gasteiger partial charge on any atom is -0.508 e. The van der Waals surface area contributed by atoms with Gasteiger partial charge in [-0.25, -0.2) is 0 Å². The summed E-state index contributed by atoms with van der Waals surface area (Å²) in [5.74, 6) is 0.955. The van der Waals surface area contributed by atoms with Crippen molar-refractivity contribution in [3.63, 3.8) is 0 Å². The molecule has 0 bridgehead atoms. The molecular formula is C17H16O3. The lowest BCUT2D eigenvalue weighted by atomic mass is 9.97. The highest BCUT2D eigenvalue weighted by molar-refractivity contribution is 6.05. The smallest absolute Gasteiger partial charge is 0.211 e. The summed E-state index contributed by atoms with van der Waals surface area (Å²) in [4.78, 5) is 12.3. The maximum absolute atomic E-state index is 12.3. The van der Waals surface area contributed by atoms with Crippen LogP contribution >= 0.6 is 0 Å². The van der Waals surface area contributed by atoms with Gasteiger partial charge in [0.25, 0.3) is 0 Å². The van der Waals surface area contributed by atoms with Crippen molar-refractivity contribution in [2.45, 2.75) is 25.9 Å². The number of Topliss-reactive ketones (excluding diaryl/α,β-unsaturated/α-hetero) is 1. The predicted molar refractivity (Wildman–Crippen MR) is 76.3 cm³/mol. The Morgan fingerprint density at radius 3 is 2.45 bits per heavy atom. The number of ether oxygens (including phenoxy) is 1. The minimum absolute atomic E-state index is 0.0581. The summed E-state index contributed by atoms with van der Waals surface area (Å²) >= 11 is 0. The molecule has 2 aromatic carbocycles. The Hall–Kier alpha value is -2.29. The van der Waals surface area contributed by atoms with Gasteiger partial charge >= 0.3 is 0 Å². The molecule has 1 aliphatic rings. The van der Waals surface area contributed by atoms with Gasteiger partial charge in [-0.3, -0.25) is 4.79 Å². The SMILES string of the molecule is CC(C)c1ccc(C2Oc3cc(O)ccc3C2=O)cc1. The zero-order valence-electron chi connectivity index (χ0n) is 11.5. The number of hydrogen-bond acceptors (Lipinski definition) is 3. The first-order chi connectivity index (χ1) is 9.56. The normalized spacial score (nSPS) is 17.1. The van der Waals surface area contributed by atoms with Crippen molar-refractivity contribution in [2.75, 3.05) is 0 Å². The fourth-order valence-electron chi connectivity index (χ4n) is 2.41. The molecule has 1 aliphatic heterocycles. The van der Waals surface area contributed by atoms with Crippen LogP contribution in [-0.2, 0) is 0 Å². The largest absolute Gasteiger partial charge is 0.508 e. The Kier molecular flexibility index (Phi) is 2.97. The maximum atomic E-state index is 12.3.